The highest BCUT2D eigenvalue weighted by Gasteiger charge is 2.22. The molecule has 0 aliphatic carbocycles. The summed E-state index contributed by atoms with van der Waals surface area (Å²) in [5.74, 6) is 0.488. The van der Waals surface area contributed by atoms with Crippen LogP contribution in [0.3, 0.4) is 0 Å². The summed E-state index contributed by atoms with van der Waals surface area (Å²) >= 11 is 0. The Labute approximate surface area is 104 Å². The summed E-state index contributed by atoms with van der Waals surface area (Å²) in [6.45, 7) is 4.89. The van der Waals surface area contributed by atoms with Gasteiger partial charge in [0.25, 0.3) is 0 Å². The van der Waals surface area contributed by atoms with Gasteiger partial charge in [-0.3, -0.25) is 4.90 Å². The van der Waals surface area contributed by atoms with Crippen LogP contribution in [0.1, 0.15) is 25.3 Å². The van der Waals surface area contributed by atoms with Gasteiger partial charge in [0, 0.05) is 19.2 Å². The highest BCUT2D eigenvalue weighted by molar-refractivity contribution is 5.15. The predicted octanol–water partition coefficient (Wildman–Crippen LogP) is 2.32. The molecule has 1 heterocycles. The van der Waals surface area contributed by atoms with Crippen LogP contribution >= 0.6 is 0 Å². The highest BCUT2D eigenvalue weighted by atomic mass is 16.3. The van der Waals surface area contributed by atoms with Crippen molar-refractivity contribution in [3.05, 3.63) is 35.9 Å². The van der Waals surface area contributed by atoms with Crippen LogP contribution in [0.2, 0.25) is 0 Å². The van der Waals surface area contributed by atoms with Crippen LogP contribution in [-0.4, -0.2) is 35.7 Å². The smallest absolute Gasteiger partial charge is 0.0471 e. The minimum Gasteiger partial charge on any atom is -0.396 e. The molecule has 1 aliphatic heterocycles. The van der Waals surface area contributed by atoms with E-state index in [9.17, 15) is 5.11 Å². The molecule has 1 saturated heterocycles. The van der Waals surface area contributed by atoms with E-state index in [0.717, 1.165) is 13.0 Å². The van der Waals surface area contributed by atoms with Crippen molar-refractivity contribution in [1.29, 1.82) is 0 Å². The normalized spacial score (nSPS) is 23.5. The fraction of sp³-hybridized carbons (Fsp3) is 0.600. The van der Waals surface area contributed by atoms with Gasteiger partial charge in [0.05, 0.1) is 0 Å². The Morgan fingerprint density at radius 3 is 2.82 bits per heavy atom. The highest BCUT2D eigenvalue weighted by Crippen LogP contribution is 2.19. The fourth-order valence-electron chi connectivity index (χ4n) is 2.73. The maximum absolute atomic E-state index is 9.25. The van der Waals surface area contributed by atoms with Gasteiger partial charge in [-0.15, -0.1) is 0 Å². The van der Waals surface area contributed by atoms with Crippen molar-refractivity contribution in [2.24, 2.45) is 5.92 Å². The zero-order valence-corrected chi connectivity index (χ0v) is 10.7. The predicted molar refractivity (Wildman–Crippen MR) is 71.0 cm³/mol. The number of hydrogen-bond acceptors (Lipinski definition) is 2. The number of benzene rings is 1. The Hall–Kier alpha value is -0.860. The number of rotatable bonds is 4. The van der Waals surface area contributed by atoms with Crippen LogP contribution in [0.4, 0.5) is 0 Å². The lowest BCUT2D eigenvalue weighted by Gasteiger charge is -2.36. The maximum atomic E-state index is 9.25. The quantitative estimate of drug-likeness (QED) is 0.862. The van der Waals surface area contributed by atoms with Gasteiger partial charge in [-0.1, -0.05) is 30.3 Å². The molecule has 1 fully saturated rings. The number of hydrogen-bond donors (Lipinski definition) is 1. The summed E-state index contributed by atoms with van der Waals surface area (Å²) < 4.78 is 0. The molecule has 1 N–H and O–H groups in total. The largest absolute Gasteiger partial charge is 0.396 e. The summed E-state index contributed by atoms with van der Waals surface area (Å²) in [7, 11) is 0. The van der Waals surface area contributed by atoms with Crippen molar-refractivity contribution >= 4 is 0 Å². The molecule has 2 heteroatoms. The van der Waals surface area contributed by atoms with Crippen LogP contribution in [0.25, 0.3) is 0 Å². The number of piperidine rings is 1. The minimum atomic E-state index is 0.342. The van der Waals surface area contributed by atoms with Crippen LogP contribution in [0, 0.1) is 5.92 Å². The lowest BCUT2D eigenvalue weighted by molar-refractivity contribution is 0.0936. The number of aliphatic hydroxyl groups is 1. The topological polar surface area (TPSA) is 23.5 Å². The lowest BCUT2D eigenvalue weighted by Crippen LogP contribution is -2.43. The van der Waals surface area contributed by atoms with Gasteiger partial charge >= 0.3 is 0 Å². The zero-order chi connectivity index (χ0) is 12.1. The van der Waals surface area contributed by atoms with Gasteiger partial charge in [0.1, 0.15) is 0 Å². The van der Waals surface area contributed by atoms with Gasteiger partial charge in [0.15, 0.2) is 0 Å². The molecule has 0 saturated carbocycles. The van der Waals surface area contributed by atoms with E-state index >= 15 is 0 Å². The summed E-state index contributed by atoms with van der Waals surface area (Å²) in [5, 5.41) is 9.25. The third-order valence-corrected chi connectivity index (χ3v) is 3.81. The molecule has 0 aromatic heterocycles. The van der Waals surface area contributed by atoms with Gasteiger partial charge in [-0.2, -0.15) is 0 Å². The van der Waals surface area contributed by atoms with E-state index in [-0.39, 0.29) is 0 Å². The van der Waals surface area contributed by atoms with E-state index in [1.54, 1.807) is 0 Å². The van der Waals surface area contributed by atoms with E-state index in [0.29, 0.717) is 18.6 Å². The Morgan fingerprint density at radius 2 is 2.12 bits per heavy atom. The third kappa shape index (κ3) is 3.55. The van der Waals surface area contributed by atoms with Crippen molar-refractivity contribution in [3.8, 4) is 0 Å². The van der Waals surface area contributed by atoms with E-state index in [1.165, 1.54) is 24.9 Å². The third-order valence-electron chi connectivity index (χ3n) is 3.81. The van der Waals surface area contributed by atoms with Gasteiger partial charge in [0.2, 0.25) is 0 Å². The fourth-order valence-corrected chi connectivity index (χ4v) is 2.73. The molecule has 2 nitrogen and oxygen atoms in total. The van der Waals surface area contributed by atoms with Crippen molar-refractivity contribution in [2.45, 2.75) is 32.2 Å². The lowest BCUT2D eigenvalue weighted by atomic mass is 9.96. The Bertz CT molecular complexity index is 325. The molecular weight excluding hydrogens is 210 g/mol. The first-order chi connectivity index (χ1) is 8.29. The molecule has 17 heavy (non-hydrogen) atoms. The van der Waals surface area contributed by atoms with Crippen molar-refractivity contribution in [3.63, 3.8) is 0 Å². The van der Waals surface area contributed by atoms with E-state index < -0.39 is 0 Å². The Morgan fingerprint density at radius 1 is 1.35 bits per heavy atom. The number of nitrogens with zero attached hydrogens (tertiary/aromatic N) is 1. The second kappa shape index (κ2) is 6.18. The van der Waals surface area contributed by atoms with Crippen LogP contribution in [-0.2, 0) is 6.42 Å². The summed E-state index contributed by atoms with van der Waals surface area (Å²) in [6.07, 6.45) is 3.52. The zero-order valence-electron chi connectivity index (χ0n) is 10.7. The molecule has 1 aliphatic rings. The Balaban J connectivity index is 1.89. The molecule has 0 radical (unpaired) electrons. The second-order valence-electron chi connectivity index (χ2n) is 5.22. The van der Waals surface area contributed by atoms with Crippen molar-refractivity contribution < 1.29 is 5.11 Å². The molecular formula is C15H23NO. The van der Waals surface area contributed by atoms with E-state index in [2.05, 4.69) is 42.2 Å². The van der Waals surface area contributed by atoms with Crippen LogP contribution in [0.15, 0.2) is 30.3 Å². The molecule has 0 spiro atoms. The van der Waals surface area contributed by atoms with Gasteiger partial charge in [-0.25, -0.2) is 0 Å². The van der Waals surface area contributed by atoms with Gasteiger partial charge in [-0.05, 0) is 44.2 Å². The summed E-state index contributed by atoms with van der Waals surface area (Å²) in [5.41, 5.74) is 1.41. The monoisotopic (exact) mass is 233 g/mol. The summed E-state index contributed by atoms with van der Waals surface area (Å²) in [6, 6.07) is 11.3. The molecule has 0 unspecified atom stereocenters. The first-order valence-corrected chi connectivity index (χ1v) is 6.68. The van der Waals surface area contributed by atoms with E-state index in [1.807, 2.05) is 0 Å². The first kappa shape index (κ1) is 12.6. The molecule has 1 aromatic rings. The van der Waals surface area contributed by atoms with E-state index in [4.69, 9.17) is 0 Å². The summed E-state index contributed by atoms with van der Waals surface area (Å²) in [4.78, 5) is 2.53. The number of aliphatic hydroxyl groups excluding tert-OH is 1. The molecule has 0 amide bonds. The second-order valence-corrected chi connectivity index (χ2v) is 5.22. The van der Waals surface area contributed by atoms with Crippen LogP contribution < -0.4 is 0 Å². The van der Waals surface area contributed by atoms with Crippen molar-refractivity contribution in [2.75, 3.05) is 19.7 Å². The SMILES string of the molecule is C[C@H](Cc1ccccc1)N1CCC[C@@H](CO)C1. The Kier molecular flexibility index (Phi) is 4.57. The molecule has 0 bridgehead atoms. The molecule has 2 rings (SSSR count). The van der Waals surface area contributed by atoms with Crippen molar-refractivity contribution in [1.82, 2.24) is 4.90 Å². The maximum Gasteiger partial charge on any atom is 0.0471 e. The standard InChI is InChI=1S/C15H23NO/c1-13(10-14-6-3-2-4-7-14)16-9-5-8-15(11-16)12-17/h2-4,6-7,13,15,17H,5,8-12H2,1H3/t13-,15-/m1/s1. The minimum absolute atomic E-state index is 0.342. The molecule has 1 aromatic carbocycles. The average molecular weight is 233 g/mol. The molecule has 2 atom stereocenters. The van der Waals surface area contributed by atoms with Crippen LogP contribution in [0.5, 0.6) is 0 Å². The molecule has 94 valence electrons. The van der Waals surface area contributed by atoms with Gasteiger partial charge < -0.3 is 5.11 Å². The average Bonchev–Trinajstić information content (AvgIpc) is 2.40. The first-order valence-electron chi connectivity index (χ1n) is 6.68. The number of likely N-dealkylation sites (tertiary alicyclic amines) is 1.